The normalized spacial score (nSPS) is 11.6. The number of hydrogen-bond donors (Lipinski definition) is 2. The largest absolute Gasteiger partial charge is 0.392 e. The van der Waals surface area contributed by atoms with Crippen molar-refractivity contribution >= 4 is 21.6 Å². The highest BCUT2D eigenvalue weighted by molar-refractivity contribution is 7.89. The molecule has 1 aromatic heterocycles. The molecule has 5 nitrogen and oxygen atoms in total. The van der Waals surface area contributed by atoms with Gasteiger partial charge in [0.25, 0.3) is 0 Å². The van der Waals surface area contributed by atoms with Crippen LogP contribution in [0, 0.1) is 6.92 Å². The Morgan fingerprint density at radius 2 is 2.10 bits per heavy atom. The Morgan fingerprint density at radius 3 is 2.76 bits per heavy atom. The fraction of sp³-hybridized carbons (Fsp3) is 0.214. The van der Waals surface area contributed by atoms with Crippen LogP contribution in [0.1, 0.15) is 16.7 Å². The summed E-state index contributed by atoms with van der Waals surface area (Å²) in [5.74, 6) is 0. The lowest BCUT2D eigenvalue weighted by Crippen LogP contribution is -2.24. The van der Waals surface area contributed by atoms with Crippen LogP contribution in [0.4, 0.5) is 0 Å². The summed E-state index contributed by atoms with van der Waals surface area (Å²) in [6, 6.07) is 6.15. The van der Waals surface area contributed by atoms with E-state index in [9.17, 15) is 8.42 Å². The smallest absolute Gasteiger partial charge is 0.242 e. The lowest BCUT2D eigenvalue weighted by atomic mass is 10.2. The molecule has 0 aliphatic heterocycles. The topological polar surface area (TPSA) is 79.3 Å². The Bertz CT molecular complexity index is 748. The van der Waals surface area contributed by atoms with E-state index in [4.69, 9.17) is 16.7 Å². The molecular formula is C14H15ClN2O3S. The van der Waals surface area contributed by atoms with Crippen LogP contribution >= 0.6 is 11.6 Å². The summed E-state index contributed by atoms with van der Waals surface area (Å²) in [6.45, 7) is 1.76. The van der Waals surface area contributed by atoms with Crippen LogP contribution in [0.5, 0.6) is 0 Å². The van der Waals surface area contributed by atoms with Crippen LogP contribution in [-0.2, 0) is 23.2 Å². The molecule has 0 bridgehead atoms. The van der Waals surface area contributed by atoms with Gasteiger partial charge in [-0.2, -0.15) is 0 Å². The first-order valence-corrected chi connectivity index (χ1v) is 8.08. The van der Waals surface area contributed by atoms with Gasteiger partial charge >= 0.3 is 0 Å². The Morgan fingerprint density at radius 1 is 1.33 bits per heavy atom. The van der Waals surface area contributed by atoms with Crippen molar-refractivity contribution in [3.63, 3.8) is 0 Å². The zero-order chi connectivity index (χ0) is 15.5. The predicted molar refractivity (Wildman–Crippen MR) is 80.4 cm³/mol. The number of halogens is 1. The van der Waals surface area contributed by atoms with E-state index in [1.165, 1.54) is 12.1 Å². The van der Waals surface area contributed by atoms with Gasteiger partial charge in [-0.1, -0.05) is 17.7 Å². The van der Waals surface area contributed by atoms with Gasteiger partial charge in [0.15, 0.2) is 0 Å². The molecule has 2 rings (SSSR count). The fourth-order valence-corrected chi connectivity index (χ4v) is 3.36. The molecule has 0 atom stereocenters. The monoisotopic (exact) mass is 326 g/mol. The first-order valence-electron chi connectivity index (χ1n) is 6.22. The third-order valence-electron chi connectivity index (χ3n) is 3.06. The van der Waals surface area contributed by atoms with E-state index in [1.807, 2.05) is 6.92 Å². The lowest BCUT2D eigenvalue weighted by Gasteiger charge is -2.10. The lowest BCUT2D eigenvalue weighted by molar-refractivity contribution is 0.281. The van der Waals surface area contributed by atoms with Crippen LogP contribution in [-0.4, -0.2) is 18.5 Å². The van der Waals surface area contributed by atoms with Crippen LogP contribution < -0.4 is 4.72 Å². The number of benzene rings is 1. The zero-order valence-electron chi connectivity index (χ0n) is 11.4. The molecule has 112 valence electrons. The van der Waals surface area contributed by atoms with Gasteiger partial charge in [-0.05, 0) is 41.8 Å². The SMILES string of the molecule is Cc1cnccc1CNS(=O)(=O)c1cc(CO)ccc1Cl. The molecule has 2 N–H and O–H groups in total. The number of hydrogen-bond acceptors (Lipinski definition) is 4. The maximum absolute atomic E-state index is 12.3. The molecular weight excluding hydrogens is 312 g/mol. The molecule has 1 heterocycles. The minimum atomic E-state index is -3.75. The van der Waals surface area contributed by atoms with Gasteiger partial charge in [0.2, 0.25) is 10.0 Å². The molecule has 0 spiro atoms. The van der Waals surface area contributed by atoms with E-state index in [0.29, 0.717) is 5.56 Å². The quantitative estimate of drug-likeness (QED) is 0.881. The van der Waals surface area contributed by atoms with Crippen molar-refractivity contribution in [2.75, 3.05) is 0 Å². The predicted octanol–water partition coefficient (Wildman–Crippen LogP) is 2.01. The van der Waals surface area contributed by atoms with E-state index in [0.717, 1.165) is 11.1 Å². The van der Waals surface area contributed by atoms with E-state index in [2.05, 4.69) is 9.71 Å². The first kappa shape index (κ1) is 15.9. The number of aryl methyl sites for hydroxylation is 1. The van der Waals surface area contributed by atoms with Gasteiger partial charge in [-0.25, -0.2) is 13.1 Å². The molecule has 0 fully saturated rings. The van der Waals surface area contributed by atoms with Crippen molar-refractivity contribution in [3.8, 4) is 0 Å². The molecule has 0 unspecified atom stereocenters. The van der Waals surface area contributed by atoms with Crippen molar-refractivity contribution in [1.29, 1.82) is 0 Å². The van der Waals surface area contributed by atoms with Crippen molar-refractivity contribution in [2.45, 2.75) is 25.0 Å². The highest BCUT2D eigenvalue weighted by Gasteiger charge is 2.18. The Labute approximate surface area is 128 Å². The highest BCUT2D eigenvalue weighted by Crippen LogP contribution is 2.23. The van der Waals surface area contributed by atoms with Gasteiger partial charge in [0.05, 0.1) is 11.6 Å². The summed E-state index contributed by atoms with van der Waals surface area (Å²) in [7, 11) is -3.75. The number of nitrogens with one attached hydrogen (secondary N) is 1. The number of aliphatic hydroxyl groups excluding tert-OH is 1. The Balaban J connectivity index is 2.25. The highest BCUT2D eigenvalue weighted by atomic mass is 35.5. The van der Waals surface area contributed by atoms with Gasteiger partial charge in [0.1, 0.15) is 4.90 Å². The van der Waals surface area contributed by atoms with Crippen LogP contribution in [0.15, 0.2) is 41.6 Å². The fourth-order valence-electron chi connectivity index (χ4n) is 1.80. The van der Waals surface area contributed by atoms with Gasteiger partial charge in [-0.15, -0.1) is 0 Å². The Hall–Kier alpha value is -1.47. The molecule has 0 radical (unpaired) electrons. The molecule has 21 heavy (non-hydrogen) atoms. The average molecular weight is 327 g/mol. The summed E-state index contributed by atoms with van der Waals surface area (Å²) < 4.78 is 27.1. The van der Waals surface area contributed by atoms with Crippen LogP contribution in [0.3, 0.4) is 0 Å². The summed E-state index contributed by atoms with van der Waals surface area (Å²) in [5.41, 5.74) is 2.22. The summed E-state index contributed by atoms with van der Waals surface area (Å²) in [4.78, 5) is 3.92. The van der Waals surface area contributed by atoms with E-state index >= 15 is 0 Å². The summed E-state index contributed by atoms with van der Waals surface area (Å²) >= 11 is 5.94. The number of nitrogens with zero attached hydrogens (tertiary/aromatic N) is 1. The van der Waals surface area contributed by atoms with Crippen molar-refractivity contribution in [2.24, 2.45) is 0 Å². The van der Waals surface area contributed by atoms with E-state index < -0.39 is 10.0 Å². The molecule has 7 heteroatoms. The molecule has 0 saturated carbocycles. The average Bonchev–Trinajstić information content (AvgIpc) is 2.47. The van der Waals surface area contributed by atoms with E-state index in [1.54, 1.807) is 24.5 Å². The third kappa shape index (κ3) is 3.79. The first-order chi connectivity index (χ1) is 9.94. The second-order valence-corrected chi connectivity index (χ2v) is 6.69. The summed E-state index contributed by atoms with van der Waals surface area (Å²) in [6.07, 6.45) is 3.28. The number of aromatic nitrogens is 1. The molecule has 2 aromatic rings. The summed E-state index contributed by atoms with van der Waals surface area (Å²) in [5, 5.41) is 9.21. The number of aliphatic hydroxyl groups is 1. The van der Waals surface area contributed by atoms with Crippen molar-refractivity contribution in [1.82, 2.24) is 9.71 Å². The van der Waals surface area contributed by atoms with Gasteiger partial charge in [0, 0.05) is 18.9 Å². The maximum atomic E-state index is 12.3. The van der Waals surface area contributed by atoms with Gasteiger partial charge < -0.3 is 5.11 Å². The van der Waals surface area contributed by atoms with Gasteiger partial charge in [-0.3, -0.25) is 4.98 Å². The minimum absolute atomic E-state index is 0.0394. The minimum Gasteiger partial charge on any atom is -0.392 e. The third-order valence-corrected chi connectivity index (χ3v) is 4.94. The maximum Gasteiger partial charge on any atom is 0.242 e. The van der Waals surface area contributed by atoms with Crippen LogP contribution in [0.25, 0.3) is 0 Å². The molecule has 0 saturated heterocycles. The van der Waals surface area contributed by atoms with Crippen molar-refractivity contribution < 1.29 is 13.5 Å². The van der Waals surface area contributed by atoms with Crippen LogP contribution in [0.2, 0.25) is 5.02 Å². The Kier molecular flexibility index (Phi) is 4.95. The van der Waals surface area contributed by atoms with Crippen molar-refractivity contribution in [3.05, 3.63) is 58.4 Å². The number of rotatable bonds is 5. The number of pyridine rings is 1. The molecule has 0 aliphatic rings. The molecule has 1 aromatic carbocycles. The zero-order valence-corrected chi connectivity index (χ0v) is 12.9. The number of sulfonamides is 1. The standard InChI is InChI=1S/C14H15ClN2O3S/c1-10-7-16-5-4-12(10)8-17-21(19,20)14-6-11(9-18)2-3-13(14)15/h2-7,17-18H,8-9H2,1H3. The second kappa shape index (κ2) is 6.53. The van der Waals surface area contributed by atoms with E-state index in [-0.39, 0.29) is 23.1 Å². The molecule has 0 aliphatic carbocycles. The second-order valence-electron chi connectivity index (χ2n) is 4.55. The molecule has 0 amide bonds.